The summed E-state index contributed by atoms with van der Waals surface area (Å²) in [6.45, 7) is 12.5. The van der Waals surface area contributed by atoms with E-state index < -0.39 is 0 Å². The Bertz CT molecular complexity index is 711. The van der Waals surface area contributed by atoms with E-state index >= 15 is 0 Å². The molecule has 11 heteroatoms. The summed E-state index contributed by atoms with van der Waals surface area (Å²) in [5, 5.41) is 18.4. The Morgan fingerprint density at radius 1 is 0.293 bits per heavy atom. The second kappa shape index (κ2) is 26.4. The zero-order valence-electron chi connectivity index (χ0n) is 25.9. The van der Waals surface area contributed by atoms with Gasteiger partial charge in [-0.1, -0.05) is 6.42 Å². The fraction of sp³-hybridized carbons (Fsp3) is 0.800. The van der Waals surface area contributed by atoms with Crippen molar-refractivity contribution < 1.29 is 0 Å². The van der Waals surface area contributed by atoms with Gasteiger partial charge in [0, 0.05) is 45.8 Å². The topological polar surface area (TPSA) is 216 Å². The molecule has 11 nitrogen and oxygen atoms in total. The van der Waals surface area contributed by atoms with Crippen molar-refractivity contribution in [1.82, 2.24) is 26.6 Å². The van der Waals surface area contributed by atoms with Crippen molar-refractivity contribution in [1.29, 1.82) is 0 Å². The highest BCUT2D eigenvalue weighted by molar-refractivity contribution is 5.53. The van der Waals surface area contributed by atoms with Gasteiger partial charge in [-0.25, -0.2) is 0 Å². The number of unbranched alkanes of at least 4 members (excludes halogenated alkanes) is 2. The molecule has 0 saturated carbocycles. The monoisotopic (exact) mass is 580 g/mol. The third kappa shape index (κ3) is 15.7. The fourth-order valence-electron chi connectivity index (χ4n) is 5.16. The number of rotatable bonds is 29. The molecule has 0 unspecified atom stereocenters. The molecule has 0 fully saturated rings. The van der Waals surface area contributed by atoms with Crippen LogP contribution in [0.2, 0.25) is 0 Å². The van der Waals surface area contributed by atoms with Gasteiger partial charge in [0.2, 0.25) is 0 Å². The predicted molar refractivity (Wildman–Crippen MR) is 175 cm³/mol. The lowest BCUT2D eigenvalue weighted by Crippen LogP contribution is -2.31. The molecule has 0 spiro atoms. The molecule has 0 aliphatic rings. The molecular formula is C30H65N11. The Morgan fingerprint density at radius 3 is 0.927 bits per heavy atom. The largest absolute Gasteiger partial charge is 0.330 e. The van der Waals surface area contributed by atoms with Crippen LogP contribution in [-0.4, -0.2) is 72.0 Å². The van der Waals surface area contributed by atoms with E-state index in [1.165, 1.54) is 33.4 Å². The molecule has 1 rings (SSSR count). The van der Waals surface area contributed by atoms with E-state index in [1.807, 2.05) is 0 Å². The Kier molecular flexibility index (Phi) is 24.4. The molecule has 41 heavy (non-hydrogen) atoms. The van der Waals surface area contributed by atoms with Gasteiger partial charge in [-0.2, -0.15) is 0 Å². The van der Waals surface area contributed by atoms with E-state index in [9.17, 15) is 0 Å². The highest BCUT2D eigenvalue weighted by Crippen LogP contribution is 2.31. The molecule has 0 radical (unpaired) electrons. The summed E-state index contributed by atoms with van der Waals surface area (Å²) in [5.74, 6) is 0. The molecule has 17 N–H and O–H groups in total. The van der Waals surface area contributed by atoms with Gasteiger partial charge >= 0.3 is 0 Å². The van der Waals surface area contributed by atoms with Gasteiger partial charge < -0.3 is 61.0 Å². The average Bonchev–Trinajstić information content (AvgIpc) is 2.98. The van der Waals surface area contributed by atoms with Crippen LogP contribution in [0, 0.1) is 0 Å². The maximum atomic E-state index is 5.89. The van der Waals surface area contributed by atoms with Crippen molar-refractivity contribution in [2.45, 2.75) is 84.1 Å². The minimum absolute atomic E-state index is 0.606. The SMILES string of the molecule is NCCCCCc1c(CNCCCN)c(CNCCCN)c(CNCCN)c(CNCCCN)c1CNCCCN. The molecule has 1 aromatic carbocycles. The molecule has 0 saturated heterocycles. The Morgan fingerprint density at radius 2 is 0.610 bits per heavy atom. The van der Waals surface area contributed by atoms with Gasteiger partial charge in [0.25, 0.3) is 0 Å². The molecule has 0 amide bonds. The normalized spacial score (nSPS) is 11.6. The lowest BCUT2D eigenvalue weighted by molar-refractivity contribution is 0.589. The smallest absolute Gasteiger partial charge is 0.0212 e. The van der Waals surface area contributed by atoms with Crippen molar-refractivity contribution in [2.75, 3.05) is 72.0 Å². The molecule has 0 bridgehead atoms. The van der Waals surface area contributed by atoms with Gasteiger partial charge in [-0.05, 0) is 137 Å². The summed E-state index contributed by atoms with van der Waals surface area (Å²) in [7, 11) is 0. The van der Waals surface area contributed by atoms with Crippen LogP contribution >= 0.6 is 0 Å². The molecular weight excluding hydrogens is 514 g/mol. The molecule has 0 atom stereocenters. The molecule has 240 valence electrons. The number of hydrogen-bond donors (Lipinski definition) is 11. The highest BCUT2D eigenvalue weighted by atomic mass is 14.9. The maximum absolute atomic E-state index is 5.89. The van der Waals surface area contributed by atoms with Gasteiger partial charge in [-0.15, -0.1) is 0 Å². The summed E-state index contributed by atoms with van der Waals surface area (Å²) in [5.41, 5.74) is 43.5. The first kappa shape index (κ1) is 37.8. The van der Waals surface area contributed by atoms with Gasteiger partial charge in [0.05, 0.1) is 0 Å². The summed E-state index contributed by atoms with van der Waals surface area (Å²) >= 11 is 0. The van der Waals surface area contributed by atoms with Gasteiger partial charge in [0.15, 0.2) is 0 Å². The van der Waals surface area contributed by atoms with Crippen LogP contribution in [-0.2, 0) is 39.1 Å². The van der Waals surface area contributed by atoms with Gasteiger partial charge in [-0.3, -0.25) is 0 Å². The third-order valence-electron chi connectivity index (χ3n) is 7.38. The molecule has 0 aliphatic heterocycles. The van der Waals surface area contributed by atoms with Gasteiger partial charge in [0.1, 0.15) is 0 Å². The van der Waals surface area contributed by atoms with Crippen LogP contribution in [0.3, 0.4) is 0 Å². The van der Waals surface area contributed by atoms with Crippen LogP contribution in [0.25, 0.3) is 0 Å². The van der Waals surface area contributed by atoms with Crippen molar-refractivity contribution in [3.05, 3.63) is 33.4 Å². The van der Waals surface area contributed by atoms with Crippen molar-refractivity contribution in [3.8, 4) is 0 Å². The number of nitrogens with one attached hydrogen (secondary N) is 5. The molecule has 0 aliphatic carbocycles. The van der Waals surface area contributed by atoms with Crippen LogP contribution in [0.1, 0.15) is 78.3 Å². The number of hydrogen-bond acceptors (Lipinski definition) is 11. The van der Waals surface area contributed by atoms with Crippen LogP contribution in [0.4, 0.5) is 0 Å². The lowest BCUT2D eigenvalue weighted by Gasteiger charge is -2.29. The maximum Gasteiger partial charge on any atom is 0.0212 e. The second-order valence-electron chi connectivity index (χ2n) is 10.7. The van der Waals surface area contributed by atoms with Crippen LogP contribution < -0.4 is 61.0 Å². The zero-order chi connectivity index (χ0) is 30.0. The first-order valence-electron chi connectivity index (χ1n) is 16.1. The molecule has 0 aromatic heterocycles. The number of benzene rings is 1. The van der Waals surface area contributed by atoms with Crippen LogP contribution in [0.5, 0.6) is 0 Å². The number of nitrogens with two attached hydrogens (primary N) is 6. The van der Waals surface area contributed by atoms with Crippen molar-refractivity contribution in [3.63, 3.8) is 0 Å². The Hall–Kier alpha value is -1.22. The van der Waals surface area contributed by atoms with Crippen molar-refractivity contribution >= 4 is 0 Å². The quantitative estimate of drug-likeness (QED) is 0.0526. The molecule has 1 aromatic rings. The van der Waals surface area contributed by atoms with Crippen molar-refractivity contribution in [2.24, 2.45) is 34.4 Å². The summed E-state index contributed by atoms with van der Waals surface area (Å²) in [4.78, 5) is 0. The van der Waals surface area contributed by atoms with E-state index in [2.05, 4.69) is 26.6 Å². The lowest BCUT2D eigenvalue weighted by atomic mass is 9.83. The Labute approximate surface area is 250 Å². The third-order valence-corrected chi connectivity index (χ3v) is 7.38. The average molecular weight is 580 g/mol. The predicted octanol–water partition coefficient (Wildman–Crippen LogP) is -0.840. The second-order valence-corrected chi connectivity index (χ2v) is 10.7. The highest BCUT2D eigenvalue weighted by Gasteiger charge is 2.23. The van der Waals surface area contributed by atoms with E-state index in [0.717, 1.165) is 123 Å². The minimum atomic E-state index is 0.606. The molecule has 0 heterocycles. The standard InChI is InChI=1S/C30H65N11/c31-9-3-1-2-8-25-26(20-37-15-4-10-32)28(22-39-17-6-12-34)30(24-41-19-14-36)29(23-40-18-7-13-35)27(25)21-38-16-5-11-33/h37-41H,1-24,31-36H2. The van der Waals surface area contributed by atoms with Crippen LogP contribution in [0.15, 0.2) is 0 Å². The first-order chi connectivity index (χ1) is 20.2. The summed E-state index contributed by atoms with van der Waals surface area (Å²) < 4.78 is 0. The first-order valence-corrected chi connectivity index (χ1v) is 16.1. The van der Waals surface area contributed by atoms with E-state index in [4.69, 9.17) is 34.4 Å². The summed E-state index contributed by atoms with van der Waals surface area (Å²) in [6.07, 6.45) is 8.15. The Balaban J connectivity index is 3.73. The van der Waals surface area contributed by atoms with E-state index in [-0.39, 0.29) is 0 Å². The minimum Gasteiger partial charge on any atom is -0.330 e. The fourth-order valence-corrected chi connectivity index (χ4v) is 5.16. The van der Waals surface area contributed by atoms with E-state index in [0.29, 0.717) is 32.7 Å². The zero-order valence-corrected chi connectivity index (χ0v) is 25.9. The summed E-state index contributed by atoms with van der Waals surface area (Å²) in [6, 6.07) is 0. The van der Waals surface area contributed by atoms with E-state index in [1.54, 1.807) is 0 Å².